The molecule has 2 fully saturated rings. The first-order valence-corrected chi connectivity index (χ1v) is 10.3. The molecule has 2 aliphatic rings. The number of aliphatic carboxylic acids is 1. The third kappa shape index (κ3) is 5.84. The van der Waals surface area contributed by atoms with Gasteiger partial charge in [0.2, 0.25) is 11.8 Å². The third-order valence-electron chi connectivity index (χ3n) is 5.91. The molecule has 1 saturated heterocycles. The van der Waals surface area contributed by atoms with Crippen molar-refractivity contribution in [3.63, 3.8) is 0 Å². The van der Waals surface area contributed by atoms with Gasteiger partial charge in [0.1, 0.15) is 5.76 Å². The highest BCUT2D eigenvalue weighted by Crippen LogP contribution is 2.29. The maximum Gasteiger partial charge on any atom is 0.303 e. The minimum atomic E-state index is -0.844. The van der Waals surface area contributed by atoms with Gasteiger partial charge in [-0.15, -0.1) is 0 Å². The van der Waals surface area contributed by atoms with Crippen LogP contribution in [0.1, 0.15) is 63.5 Å². The average molecular weight is 390 g/mol. The predicted molar refractivity (Wildman–Crippen MR) is 102 cm³/mol. The average Bonchev–Trinajstić information content (AvgIpc) is 3.31. The van der Waals surface area contributed by atoms with E-state index in [1.807, 2.05) is 6.07 Å². The molecule has 2 amide bonds. The fourth-order valence-corrected chi connectivity index (χ4v) is 4.38. The Balaban J connectivity index is 1.54. The van der Waals surface area contributed by atoms with Gasteiger partial charge in [-0.1, -0.05) is 32.1 Å². The van der Waals surface area contributed by atoms with Gasteiger partial charge in [-0.25, -0.2) is 0 Å². The highest BCUT2D eigenvalue weighted by atomic mass is 16.4. The van der Waals surface area contributed by atoms with Crippen LogP contribution in [0.15, 0.2) is 22.8 Å². The number of furan rings is 1. The molecule has 1 saturated carbocycles. The molecule has 2 N–H and O–H groups in total. The van der Waals surface area contributed by atoms with Crippen molar-refractivity contribution in [3.8, 4) is 0 Å². The number of carbonyl (C=O) groups is 3. The highest BCUT2D eigenvalue weighted by Gasteiger charge is 2.35. The van der Waals surface area contributed by atoms with Gasteiger partial charge in [-0.2, -0.15) is 0 Å². The topological polar surface area (TPSA) is 99.8 Å². The molecule has 0 aromatic carbocycles. The van der Waals surface area contributed by atoms with Crippen molar-refractivity contribution in [1.29, 1.82) is 0 Å². The van der Waals surface area contributed by atoms with Crippen LogP contribution >= 0.6 is 0 Å². The fraction of sp³-hybridized carbons (Fsp3) is 0.667. The standard InChI is InChI=1S/C21H30N2O5/c24-19-12-16(13-23(19)14-18-7-4-10-28-18)21(27)22-17(8-9-20(25)26)11-15-5-2-1-3-6-15/h4,7,10,15-17H,1-3,5-6,8-9,11-14H2,(H,22,27)(H,25,26). The minimum Gasteiger partial charge on any atom is -0.481 e. The Labute approximate surface area is 165 Å². The Hall–Kier alpha value is -2.31. The van der Waals surface area contributed by atoms with E-state index >= 15 is 0 Å². The van der Waals surface area contributed by atoms with E-state index in [4.69, 9.17) is 9.52 Å². The number of carboxylic acid groups (broad SMARTS) is 1. The number of hydrogen-bond donors (Lipinski definition) is 2. The van der Waals surface area contributed by atoms with Gasteiger partial charge in [-0.05, 0) is 30.9 Å². The molecule has 0 bridgehead atoms. The summed E-state index contributed by atoms with van der Waals surface area (Å²) in [7, 11) is 0. The van der Waals surface area contributed by atoms with Crippen molar-refractivity contribution in [2.45, 2.75) is 70.4 Å². The molecule has 1 aliphatic heterocycles. The van der Waals surface area contributed by atoms with Gasteiger partial charge in [-0.3, -0.25) is 14.4 Å². The molecule has 7 nitrogen and oxygen atoms in total. The van der Waals surface area contributed by atoms with E-state index in [1.165, 1.54) is 19.3 Å². The molecular weight excluding hydrogens is 360 g/mol. The molecule has 154 valence electrons. The van der Waals surface area contributed by atoms with Crippen LogP contribution in [0, 0.1) is 11.8 Å². The minimum absolute atomic E-state index is 0.0475. The lowest BCUT2D eigenvalue weighted by molar-refractivity contribution is -0.137. The molecule has 3 rings (SSSR count). The van der Waals surface area contributed by atoms with Crippen molar-refractivity contribution >= 4 is 17.8 Å². The third-order valence-corrected chi connectivity index (χ3v) is 5.91. The summed E-state index contributed by atoms with van der Waals surface area (Å²) in [6, 6.07) is 3.45. The maximum atomic E-state index is 12.8. The van der Waals surface area contributed by atoms with Crippen molar-refractivity contribution in [2.24, 2.45) is 11.8 Å². The molecular formula is C21H30N2O5. The van der Waals surface area contributed by atoms with Gasteiger partial charge >= 0.3 is 5.97 Å². The number of nitrogens with one attached hydrogen (secondary N) is 1. The summed E-state index contributed by atoms with van der Waals surface area (Å²) in [4.78, 5) is 37.7. The zero-order chi connectivity index (χ0) is 19.9. The summed E-state index contributed by atoms with van der Waals surface area (Å²) >= 11 is 0. The van der Waals surface area contributed by atoms with E-state index in [-0.39, 0.29) is 36.6 Å². The molecule has 28 heavy (non-hydrogen) atoms. The Morgan fingerprint density at radius 3 is 2.75 bits per heavy atom. The fourth-order valence-electron chi connectivity index (χ4n) is 4.38. The lowest BCUT2D eigenvalue weighted by Gasteiger charge is -2.27. The van der Waals surface area contributed by atoms with Gasteiger partial charge in [0, 0.05) is 25.4 Å². The Morgan fingerprint density at radius 2 is 2.07 bits per heavy atom. The van der Waals surface area contributed by atoms with Gasteiger partial charge in [0.25, 0.3) is 0 Å². The van der Waals surface area contributed by atoms with Crippen molar-refractivity contribution in [1.82, 2.24) is 10.2 Å². The second-order valence-electron chi connectivity index (χ2n) is 8.13. The number of hydrogen-bond acceptors (Lipinski definition) is 4. The van der Waals surface area contributed by atoms with Crippen LogP contribution in [0.25, 0.3) is 0 Å². The van der Waals surface area contributed by atoms with Crippen LogP contribution < -0.4 is 5.32 Å². The second-order valence-corrected chi connectivity index (χ2v) is 8.13. The molecule has 2 atom stereocenters. The first kappa shape index (κ1) is 20.4. The van der Waals surface area contributed by atoms with Crippen LogP contribution in [-0.2, 0) is 20.9 Å². The SMILES string of the molecule is O=C(O)CCC(CC1CCCCC1)NC(=O)C1CC(=O)N(Cc2ccco2)C1. The smallest absolute Gasteiger partial charge is 0.303 e. The van der Waals surface area contributed by atoms with Crippen LogP contribution in [0.4, 0.5) is 0 Å². The van der Waals surface area contributed by atoms with E-state index < -0.39 is 5.97 Å². The van der Waals surface area contributed by atoms with Crippen LogP contribution in [0.3, 0.4) is 0 Å². The number of carboxylic acids is 1. The number of rotatable bonds is 9. The summed E-state index contributed by atoms with van der Waals surface area (Å²) < 4.78 is 5.29. The molecule has 1 aromatic heterocycles. The van der Waals surface area contributed by atoms with E-state index in [0.717, 1.165) is 19.3 Å². The van der Waals surface area contributed by atoms with Crippen molar-refractivity contribution < 1.29 is 23.9 Å². The first-order chi connectivity index (χ1) is 13.5. The molecule has 7 heteroatoms. The quantitative estimate of drug-likeness (QED) is 0.675. The summed E-state index contributed by atoms with van der Waals surface area (Å²) in [5.74, 6) is -0.170. The molecule has 1 aliphatic carbocycles. The molecule has 0 spiro atoms. The zero-order valence-corrected chi connectivity index (χ0v) is 16.3. The number of likely N-dealkylation sites (tertiary alicyclic amines) is 1. The van der Waals surface area contributed by atoms with Gasteiger partial charge in [0.05, 0.1) is 18.7 Å². The number of carbonyl (C=O) groups excluding carboxylic acids is 2. The summed E-state index contributed by atoms with van der Waals surface area (Å²) in [6.07, 6.45) is 9.07. The molecule has 0 radical (unpaired) electrons. The molecule has 2 unspecified atom stereocenters. The molecule has 2 heterocycles. The Morgan fingerprint density at radius 1 is 1.29 bits per heavy atom. The largest absolute Gasteiger partial charge is 0.481 e. The summed E-state index contributed by atoms with van der Waals surface area (Å²) in [6.45, 7) is 0.751. The second kappa shape index (κ2) is 9.75. The summed E-state index contributed by atoms with van der Waals surface area (Å²) in [5, 5.41) is 12.1. The molecule has 1 aromatic rings. The van der Waals surface area contributed by atoms with E-state index in [1.54, 1.807) is 17.2 Å². The van der Waals surface area contributed by atoms with Crippen LogP contribution in [-0.4, -0.2) is 40.4 Å². The van der Waals surface area contributed by atoms with Crippen molar-refractivity contribution in [2.75, 3.05) is 6.54 Å². The van der Waals surface area contributed by atoms with Crippen LogP contribution in [0.5, 0.6) is 0 Å². The summed E-state index contributed by atoms with van der Waals surface area (Å²) in [5.41, 5.74) is 0. The van der Waals surface area contributed by atoms with Crippen LogP contribution in [0.2, 0.25) is 0 Å². The monoisotopic (exact) mass is 390 g/mol. The Kier molecular flexibility index (Phi) is 7.12. The lowest BCUT2D eigenvalue weighted by Crippen LogP contribution is -2.41. The Bertz CT molecular complexity index is 666. The normalized spacial score (nSPS) is 21.6. The van der Waals surface area contributed by atoms with E-state index in [2.05, 4.69) is 5.32 Å². The number of nitrogens with zero attached hydrogens (tertiary/aromatic N) is 1. The van der Waals surface area contributed by atoms with E-state index in [9.17, 15) is 14.4 Å². The first-order valence-electron chi connectivity index (χ1n) is 10.3. The predicted octanol–water partition coefficient (Wildman–Crippen LogP) is 2.95. The van der Waals surface area contributed by atoms with E-state index in [0.29, 0.717) is 31.2 Å². The number of amides is 2. The maximum absolute atomic E-state index is 12.8. The van der Waals surface area contributed by atoms with Crippen molar-refractivity contribution in [3.05, 3.63) is 24.2 Å². The highest BCUT2D eigenvalue weighted by molar-refractivity contribution is 5.89. The van der Waals surface area contributed by atoms with Gasteiger partial charge in [0.15, 0.2) is 0 Å². The zero-order valence-electron chi connectivity index (χ0n) is 16.3. The lowest BCUT2D eigenvalue weighted by atomic mass is 9.84. The van der Waals surface area contributed by atoms with Gasteiger partial charge < -0.3 is 19.7 Å².